The summed E-state index contributed by atoms with van der Waals surface area (Å²) in [7, 11) is 0. The molecule has 1 heterocycles. The van der Waals surface area contributed by atoms with Gasteiger partial charge in [-0.25, -0.2) is 9.07 Å². The Balaban J connectivity index is 1.53. The smallest absolute Gasteiger partial charge is 0.234 e. The zero-order chi connectivity index (χ0) is 20.1. The van der Waals surface area contributed by atoms with Gasteiger partial charge >= 0.3 is 0 Å². The van der Waals surface area contributed by atoms with Gasteiger partial charge in [-0.05, 0) is 61.4 Å². The van der Waals surface area contributed by atoms with E-state index in [9.17, 15) is 9.18 Å². The monoisotopic (exact) mass is 401 g/mol. The number of rotatable bonds is 7. The number of amides is 1. The van der Waals surface area contributed by atoms with E-state index in [1.54, 1.807) is 0 Å². The molecule has 0 radical (unpaired) electrons. The Hall–Kier alpha value is -3.07. The number of carbonyl (C=O) groups excluding carboxylic acids is 1. The number of thioether (sulfide) groups is 1. The number of nitrogens with one attached hydrogen (secondary N) is 1. The molecular formula is C19H20FN5O2S. The minimum atomic E-state index is -0.362. The number of hydrogen-bond acceptors (Lipinski definition) is 6. The third kappa shape index (κ3) is 5.23. The Morgan fingerprint density at radius 2 is 1.86 bits per heavy atom. The van der Waals surface area contributed by atoms with Crippen LogP contribution in [0.4, 0.5) is 10.1 Å². The van der Waals surface area contributed by atoms with Crippen LogP contribution in [0.1, 0.15) is 17.0 Å². The highest BCUT2D eigenvalue weighted by Gasteiger charge is 2.13. The largest absolute Gasteiger partial charge is 0.486 e. The maximum Gasteiger partial charge on any atom is 0.234 e. The van der Waals surface area contributed by atoms with Crippen LogP contribution in [-0.4, -0.2) is 26.5 Å². The van der Waals surface area contributed by atoms with Gasteiger partial charge in [0.15, 0.2) is 5.82 Å². The van der Waals surface area contributed by atoms with Gasteiger partial charge in [0.05, 0.1) is 5.75 Å². The molecule has 1 amide bonds. The minimum Gasteiger partial charge on any atom is -0.486 e. The lowest BCUT2D eigenvalue weighted by molar-refractivity contribution is -0.113. The molecule has 0 spiro atoms. The van der Waals surface area contributed by atoms with Crippen LogP contribution in [0, 0.1) is 19.7 Å². The summed E-state index contributed by atoms with van der Waals surface area (Å²) >= 11 is 1.15. The van der Waals surface area contributed by atoms with Gasteiger partial charge in [-0.15, -0.1) is 10.2 Å². The highest BCUT2D eigenvalue weighted by Crippen LogP contribution is 2.19. The molecule has 1 aromatic heterocycles. The molecule has 0 saturated heterocycles. The number of carbonyl (C=O) groups is 1. The summed E-state index contributed by atoms with van der Waals surface area (Å²) in [5.74, 6) is 6.64. The third-order valence-electron chi connectivity index (χ3n) is 3.76. The van der Waals surface area contributed by atoms with Gasteiger partial charge in [0.2, 0.25) is 11.1 Å². The number of hydrogen-bond donors (Lipinski definition) is 2. The first-order valence-electron chi connectivity index (χ1n) is 8.49. The van der Waals surface area contributed by atoms with Gasteiger partial charge in [0.1, 0.15) is 18.2 Å². The van der Waals surface area contributed by atoms with Gasteiger partial charge in [-0.3, -0.25) is 4.79 Å². The summed E-state index contributed by atoms with van der Waals surface area (Å²) in [6, 6.07) is 11.5. The van der Waals surface area contributed by atoms with Crippen LogP contribution in [-0.2, 0) is 11.4 Å². The highest BCUT2D eigenvalue weighted by atomic mass is 32.2. The number of ether oxygens (including phenoxy) is 1. The molecule has 28 heavy (non-hydrogen) atoms. The van der Waals surface area contributed by atoms with Crippen molar-refractivity contribution < 1.29 is 13.9 Å². The van der Waals surface area contributed by atoms with E-state index in [0.717, 1.165) is 28.6 Å². The number of halogens is 1. The number of nitrogens with two attached hydrogens (primary N) is 1. The molecule has 0 atom stereocenters. The summed E-state index contributed by atoms with van der Waals surface area (Å²) in [4.78, 5) is 12.0. The molecule has 3 rings (SSSR count). The summed E-state index contributed by atoms with van der Waals surface area (Å²) in [6.07, 6.45) is 0. The average molecular weight is 401 g/mol. The molecule has 0 bridgehead atoms. The highest BCUT2D eigenvalue weighted by molar-refractivity contribution is 7.99. The molecule has 0 aliphatic carbocycles. The molecule has 7 nitrogen and oxygen atoms in total. The fourth-order valence-electron chi connectivity index (χ4n) is 2.53. The van der Waals surface area contributed by atoms with E-state index in [4.69, 9.17) is 10.6 Å². The SMILES string of the molecule is Cc1cc(C)cc(OCc2nnc(SCC(=O)Nc3ccc(F)cc3)n2N)c1. The lowest BCUT2D eigenvalue weighted by Gasteiger charge is -2.08. The second-order valence-corrected chi connectivity index (χ2v) is 7.17. The Morgan fingerprint density at radius 1 is 1.18 bits per heavy atom. The van der Waals surface area contributed by atoms with E-state index in [0.29, 0.717) is 16.7 Å². The number of nitrogens with zero attached hydrogens (tertiary/aromatic N) is 3. The van der Waals surface area contributed by atoms with Gasteiger partial charge in [-0.2, -0.15) is 0 Å². The fourth-order valence-corrected chi connectivity index (χ4v) is 3.20. The van der Waals surface area contributed by atoms with Crippen LogP contribution in [0.25, 0.3) is 0 Å². The summed E-state index contributed by atoms with van der Waals surface area (Å²) in [6.45, 7) is 4.16. The molecule has 0 aliphatic rings. The molecule has 0 unspecified atom stereocenters. The molecule has 3 N–H and O–H groups in total. The van der Waals surface area contributed by atoms with Crippen LogP contribution in [0.2, 0.25) is 0 Å². The zero-order valence-corrected chi connectivity index (χ0v) is 16.3. The topological polar surface area (TPSA) is 95.1 Å². The van der Waals surface area contributed by atoms with Crippen LogP contribution in [0.15, 0.2) is 47.6 Å². The van der Waals surface area contributed by atoms with E-state index >= 15 is 0 Å². The molecule has 0 saturated carbocycles. The predicted octanol–water partition coefficient (Wildman–Crippen LogP) is 3.06. The van der Waals surface area contributed by atoms with E-state index in [1.807, 2.05) is 26.0 Å². The van der Waals surface area contributed by atoms with Crippen LogP contribution >= 0.6 is 11.8 Å². The second-order valence-electron chi connectivity index (χ2n) is 6.22. The van der Waals surface area contributed by atoms with Crippen molar-refractivity contribution in [3.63, 3.8) is 0 Å². The second kappa shape index (κ2) is 8.75. The maximum absolute atomic E-state index is 12.9. The number of aryl methyl sites for hydroxylation is 2. The van der Waals surface area contributed by atoms with Gasteiger partial charge in [0, 0.05) is 5.69 Å². The quantitative estimate of drug-likeness (QED) is 0.467. The molecule has 3 aromatic rings. The van der Waals surface area contributed by atoms with Crippen LogP contribution < -0.4 is 15.9 Å². The predicted molar refractivity (Wildman–Crippen MR) is 106 cm³/mol. The van der Waals surface area contributed by atoms with E-state index in [-0.39, 0.29) is 24.1 Å². The Kier molecular flexibility index (Phi) is 6.15. The first-order valence-corrected chi connectivity index (χ1v) is 9.48. The Morgan fingerprint density at radius 3 is 2.54 bits per heavy atom. The summed E-state index contributed by atoms with van der Waals surface area (Å²) in [5.41, 5.74) is 2.73. The first-order chi connectivity index (χ1) is 13.4. The van der Waals surface area contributed by atoms with E-state index in [1.165, 1.54) is 28.9 Å². The Labute approximate surface area is 166 Å². The summed E-state index contributed by atoms with van der Waals surface area (Å²) < 4.78 is 19.9. The van der Waals surface area contributed by atoms with E-state index < -0.39 is 0 Å². The van der Waals surface area contributed by atoms with Crippen molar-refractivity contribution in [1.82, 2.24) is 14.9 Å². The number of aromatic nitrogens is 3. The van der Waals surface area contributed by atoms with Crippen molar-refractivity contribution in [2.45, 2.75) is 25.6 Å². The lowest BCUT2D eigenvalue weighted by atomic mass is 10.1. The number of anilines is 1. The zero-order valence-electron chi connectivity index (χ0n) is 15.5. The third-order valence-corrected chi connectivity index (χ3v) is 4.70. The van der Waals surface area contributed by atoms with Crippen molar-refractivity contribution in [3.8, 4) is 5.75 Å². The van der Waals surface area contributed by atoms with Crippen molar-refractivity contribution >= 4 is 23.4 Å². The van der Waals surface area contributed by atoms with Crippen molar-refractivity contribution in [1.29, 1.82) is 0 Å². The first kappa shape index (κ1) is 19.7. The average Bonchev–Trinajstić information content (AvgIpc) is 2.99. The molecule has 0 aliphatic heterocycles. The standard InChI is InChI=1S/C19H20FN5O2S/c1-12-7-13(2)9-16(8-12)27-10-17-23-24-19(25(17)21)28-11-18(26)22-15-5-3-14(20)4-6-15/h3-9H,10-11,21H2,1-2H3,(H,22,26). The number of nitrogen functional groups attached to an aromatic ring is 1. The van der Waals surface area contributed by atoms with Gasteiger partial charge in [0.25, 0.3) is 0 Å². The fraction of sp³-hybridized carbons (Fsp3) is 0.211. The molecule has 0 fully saturated rings. The molecular weight excluding hydrogens is 381 g/mol. The number of benzene rings is 2. The van der Waals surface area contributed by atoms with Crippen molar-refractivity contribution in [2.75, 3.05) is 16.9 Å². The normalized spacial score (nSPS) is 10.7. The van der Waals surface area contributed by atoms with Crippen molar-refractivity contribution in [3.05, 3.63) is 65.2 Å². The summed E-state index contributed by atoms with van der Waals surface area (Å²) in [5, 5.41) is 11.1. The van der Waals surface area contributed by atoms with Gasteiger partial charge < -0.3 is 15.9 Å². The van der Waals surface area contributed by atoms with E-state index in [2.05, 4.69) is 21.6 Å². The Bertz CT molecular complexity index is 955. The minimum absolute atomic E-state index is 0.0879. The van der Waals surface area contributed by atoms with Crippen molar-refractivity contribution in [2.24, 2.45) is 0 Å². The van der Waals surface area contributed by atoms with Gasteiger partial charge in [-0.1, -0.05) is 17.8 Å². The maximum atomic E-state index is 12.9. The molecule has 146 valence electrons. The molecule has 9 heteroatoms. The van der Waals surface area contributed by atoms with Crippen LogP contribution in [0.3, 0.4) is 0 Å². The lowest BCUT2D eigenvalue weighted by Crippen LogP contribution is -2.18. The molecule has 2 aromatic carbocycles. The van der Waals surface area contributed by atoms with Crippen LogP contribution in [0.5, 0.6) is 5.75 Å².